The van der Waals surface area contributed by atoms with Gasteiger partial charge in [0.15, 0.2) is 4.67 Å². The van der Waals surface area contributed by atoms with Gasteiger partial charge in [0.2, 0.25) is 0 Å². The van der Waals surface area contributed by atoms with Crippen molar-refractivity contribution >= 4 is 42.6 Å². The molecule has 0 saturated heterocycles. The fraction of sp³-hybridized carbons (Fsp3) is 0.176. The van der Waals surface area contributed by atoms with E-state index in [0.717, 1.165) is 21.4 Å². The summed E-state index contributed by atoms with van der Waals surface area (Å²) in [5.74, 6) is 0.913. The average Bonchev–Trinajstić information content (AvgIpc) is 2.92. The van der Waals surface area contributed by atoms with Crippen LogP contribution in [0.5, 0.6) is 0 Å². The zero-order chi connectivity index (χ0) is 14.8. The lowest BCUT2D eigenvalue weighted by Gasteiger charge is -2.18. The summed E-state index contributed by atoms with van der Waals surface area (Å²) >= 11 is 7.01. The summed E-state index contributed by atoms with van der Waals surface area (Å²) < 4.78 is 7.63. The van der Waals surface area contributed by atoms with E-state index in [4.69, 9.17) is 4.42 Å². The molecule has 1 heterocycles. The van der Waals surface area contributed by atoms with Gasteiger partial charge in [-0.15, -0.1) is 0 Å². The van der Waals surface area contributed by atoms with Gasteiger partial charge in [0.25, 0.3) is 0 Å². The molecular weight excluding hydrogens is 394 g/mol. The van der Waals surface area contributed by atoms with E-state index < -0.39 is 0 Å². The van der Waals surface area contributed by atoms with E-state index in [1.54, 1.807) is 0 Å². The second-order valence-corrected chi connectivity index (χ2v) is 6.45. The molecule has 1 unspecified atom stereocenters. The lowest BCUT2D eigenvalue weighted by atomic mass is 9.97. The van der Waals surface area contributed by atoms with E-state index in [-0.39, 0.29) is 6.04 Å². The molecule has 21 heavy (non-hydrogen) atoms. The number of rotatable bonds is 4. The summed E-state index contributed by atoms with van der Waals surface area (Å²) in [6.07, 6.45) is 0. The predicted molar refractivity (Wildman–Crippen MR) is 93.6 cm³/mol. The SMILES string of the molecule is CCNC(c1ccc(Br)o1)c1ccc(Br)c2ccccc12. The minimum Gasteiger partial charge on any atom is -0.452 e. The summed E-state index contributed by atoms with van der Waals surface area (Å²) in [6.45, 7) is 2.97. The molecule has 3 rings (SSSR count). The van der Waals surface area contributed by atoms with Gasteiger partial charge in [0.05, 0.1) is 6.04 Å². The van der Waals surface area contributed by atoms with Crippen molar-refractivity contribution in [2.75, 3.05) is 6.54 Å². The van der Waals surface area contributed by atoms with Gasteiger partial charge < -0.3 is 9.73 Å². The molecule has 0 amide bonds. The fourth-order valence-corrected chi connectivity index (χ4v) is 3.39. The standard InChI is InChI=1S/C17H15Br2NO/c1-2-20-17(15-9-10-16(19)21-15)13-7-8-14(18)12-6-4-3-5-11(12)13/h3-10,17,20H,2H2,1H3. The van der Waals surface area contributed by atoms with Gasteiger partial charge in [-0.2, -0.15) is 0 Å². The molecule has 0 aliphatic heterocycles. The van der Waals surface area contributed by atoms with Gasteiger partial charge in [0.1, 0.15) is 5.76 Å². The van der Waals surface area contributed by atoms with Crippen LogP contribution in [0.3, 0.4) is 0 Å². The van der Waals surface area contributed by atoms with Crippen LogP contribution in [-0.2, 0) is 0 Å². The highest BCUT2D eigenvalue weighted by Gasteiger charge is 2.19. The number of hydrogen-bond donors (Lipinski definition) is 1. The van der Waals surface area contributed by atoms with E-state index in [1.165, 1.54) is 16.3 Å². The molecule has 0 bridgehead atoms. The Morgan fingerprint density at radius 1 is 1.00 bits per heavy atom. The third kappa shape index (κ3) is 2.93. The lowest BCUT2D eigenvalue weighted by Crippen LogP contribution is -2.21. The van der Waals surface area contributed by atoms with E-state index in [9.17, 15) is 0 Å². The first-order valence-electron chi connectivity index (χ1n) is 6.86. The van der Waals surface area contributed by atoms with E-state index >= 15 is 0 Å². The van der Waals surface area contributed by atoms with Crippen LogP contribution < -0.4 is 5.32 Å². The first kappa shape index (κ1) is 14.8. The predicted octanol–water partition coefficient (Wildman–Crippen LogP) is 5.66. The molecule has 2 nitrogen and oxygen atoms in total. The van der Waals surface area contributed by atoms with E-state index in [2.05, 4.69) is 80.5 Å². The fourth-order valence-electron chi connectivity index (χ4n) is 2.59. The number of nitrogens with one attached hydrogen (secondary N) is 1. The van der Waals surface area contributed by atoms with Crippen LogP contribution >= 0.6 is 31.9 Å². The minimum atomic E-state index is 0.0410. The number of benzene rings is 2. The van der Waals surface area contributed by atoms with Crippen LogP contribution in [-0.4, -0.2) is 6.54 Å². The molecule has 4 heteroatoms. The number of furan rings is 1. The van der Waals surface area contributed by atoms with Gasteiger partial charge >= 0.3 is 0 Å². The first-order valence-corrected chi connectivity index (χ1v) is 8.45. The Morgan fingerprint density at radius 2 is 1.76 bits per heavy atom. The Labute approximate surface area is 140 Å². The molecule has 108 valence electrons. The quantitative estimate of drug-likeness (QED) is 0.602. The molecule has 0 spiro atoms. The molecule has 1 atom stereocenters. The van der Waals surface area contributed by atoms with Crippen molar-refractivity contribution in [1.29, 1.82) is 0 Å². The van der Waals surface area contributed by atoms with Crippen molar-refractivity contribution in [3.8, 4) is 0 Å². The third-order valence-electron chi connectivity index (χ3n) is 3.50. The molecule has 0 aliphatic carbocycles. The Hall–Kier alpha value is -1.10. The Balaban J connectivity index is 2.18. The average molecular weight is 409 g/mol. The lowest BCUT2D eigenvalue weighted by molar-refractivity contribution is 0.439. The highest BCUT2D eigenvalue weighted by molar-refractivity contribution is 9.10. The largest absolute Gasteiger partial charge is 0.452 e. The maximum absolute atomic E-state index is 5.77. The second kappa shape index (κ2) is 6.34. The van der Waals surface area contributed by atoms with Crippen molar-refractivity contribution in [3.05, 3.63) is 69.0 Å². The zero-order valence-electron chi connectivity index (χ0n) is 11.6. The number of fused-ring (bicyclic) bond motifs is 1. The molecule has 0 fully saturated rings. The number of hydrogen-bond acceptors (Lipinski definition) is 2. The molecule has 0 aliphatic rings. The number of halogens is 2. The maximum atomic E-state index is 5.77. The third-order valence-corrected chi connectivity index (χ3v) is 4.62. The van der Waals surface area contributed by atoms with E-state index in [1.807, 2.05) is 12.1 Å². The summed E-state index contributed by atoms with van der Waals surface area (Å²) in [4.78, 5) is 0. The van der Waals surface area contributed by atoms with Gasteiger partial charge in [-0.1, -0.05) is 53.2 Å². The normalized spacial score (nSPS) is 12.7. The summed E-state index contributed by atoms with van der Waals surface area (Å²) in [6, 6.07) is 16.6. The Bertz CT molecular complexity index is 766. The van der Waals surface area contributed by atoms with Crippen molar-refractivity contribution in [2.45, 2.75) is 13.0 Å². The van der Waals surface area contributed by atoms with Gasteiger partial charge in [-0.25, -0.2) is 0 Å². The molecule has 1 N–H and O–H groups in total. The van der Waals surface area contributed by atoms with Gasteiger partial charge in [-0.3, -0.25) is 0 Å². The highest BCUT2D eigenvalue weighted by atomic mass is 79.9. The van der Waals surface area contributed by atoms with Crippen molar-refractivity contribution in [1.82, 2.24) is 5.32 Å². The van der Waals surface area contributed by atoms with Crippen LogP contribution in [0.4, 0.5) is 0 Å². The molecule has 1 aromatic heterocycles. The summed E-state index contributed by atoms with van der Waals surface area (Å²) in [5.41, 5.74) is 1.22. The first-order chi connectivity index (χ1) is 10.2. The Morgan fingerprint density at radius 3 is 2.43 bits per heavy atom. The molecule has 0 saturated carbocycles. The zero-order valence-corrected chi connectivity index (χ0v) is 14.7. The molecule has 0 radical (unpaired) electrons. The minimum absolute atomic E-state index is 0.0410. The molecule has 3 aromatic rings. The molecule has 2 aromatic carbocycles. The van der Waals surface area contributed by atoms with Crippen LogP contribution in [0.25, 0.3) is 10.8 Å². The van der Waals surface area contributed by atoms with Crippen LogP contribution in [0.1, 0.15) is 24.3 Å². The highest BCUT2D eigenvalue weighted by Crippen LogP contribution is 2.34. The van der Waals surface area contributed by atoms with E-state index in [0.29, 0.717) is 0 Å². The summed E-state index contributed by atoms with van der Waals surface area (Å²) in [7, 11) is 0. The van der Waals surface area contributed by atoms with Gasteiger partial charge in [0, 0.05) is 4.47 Å². The van der Waals surface area contributed by atoms with Crippen LogP contribution in [0.2, 0.25) is 0 Å². The van der Waals surface area contributed by atoms with Crippen LogP contribution in [0.15, 0.2) is 62.1 Å². The van der Waals surface area contributed by atoms with Gasteiger partial charge in [-0.05, 0) is 57.0 Å². The van der Waals surface area contributed by atoms with Crippen molar-refractivity contribution < 1.29 is 4.42 Å². The summed E-state index contributed by atoms with van der Waals surface area (Å²) in [5, 5.41) is 5.95. The second-order valence-electron chi connectivity index (χ2n) is 4.81. The maximum Gasteiger partial charge on any atom is 0.169 e. The monoisotopic (exact) mass is 407 g/mol. The van der Waals surface area contributed by atoms with Crippen molar-refractivity contribution in [2.24, 2.45) is 0 Å². The topological polar surface area (TPSA) is 25.2 Å². The van der Waals surface area contributed by atoms with Crippen LogP contribution in [0, 0.1) is 0 Å². The van der Waals surface area contributed by atoms with Crippen molar-refractivity contribution in [3.63, 3.8) is 0 Å². The smallest absolute Gasteiger partial charge is 0.169 e. The Kier molecular flexibility index (Phi) is 4.48. The molecular formula is C17H15Br2NO.